The molecule has 45 heavy (non-hydrogen) atoms. The highest BCUT2D eigenvalue weighted by molar-refractivity contribution is 5.72. The van der Waals surface area contributed by atoms with Crippen molar-refractivity contribution < 1.29 is 19.7 Å². The van der Waals surface area contributed by atoms with Crippen LogP contribution in [0.1, 0.15) is 84.6 Å². The van der Waals surface area contributed by atoms with E-state index < -0.39 is 0 Å². The molecule has 3 aromatic carbocycles. The number of aromatic hydroxyl groups is 2. The molecular weight excluding hydrogens is 562 g/mol. The molecule has 2 N–H and O–H groups in total. The third-order valence-corrected chi connectivity index (χ3v) is 8.42. The number of benzene rings is 3. The molecular formula is C38H49N3O4. The summed E-state index contributed by atoms with van der Waals surface area (Å²) in [7, 11) is 0. The number of rotatable bonds is 17. The summed E-state index contributed by atoms with van der Waals surface area (Å²) < 4.78 is 12.1. The van der Waals surface area contributed by atoms with Crippen LogP contribution in [0.15, 0.2) is 60.7 Å². The highest BCUT2D eigenvalue weighted by Gasteiger charge is 2.18. The standard InChI is InChI=1S/C38H49N3O4/c1-6-10-12-27(8-3)24-44-30-18-20-32(34(42)22-30)37-39-36(29-16-14-26(5)15-17-29)40-38(41-37)33-21-19-31(23-35(33)43)45-25-28(9-4)13-11-7-2/h14-23,27-28,42-43H,6-13,24-25H2,1-5H3. The Morgan fingerprint density at radius 2 is 1.04 bits per heavy atom. The van der Waals surface area contributed by atoms with Gasteiger partial charge in [-0.1, -0.05) is 96.0 Å². The number of hydrogen-bond acceptors (Lipinski definition) is 7. The molecule has 0 bridgehead atoms. The Kier molecular flexibility index (Phi) is 12.6. The van der Waals surface area contributed by atoms with Crippen LogP contribution in [0.3, 0.4) is 0 Å². The fourth-order valence-electron chi connectivity index (χ4n) is 5.25. The van der Waals surface area contributed by atoms with E-state index in [1.807, 2.05) is 43.3 Å². The molecule has 0 fully saturated rings. The number of nitrogens with zero attached hydrogens (tertiary/aromatic N) is 3. The van der Waals surface area contributed by atoms with Crippen LogP contribution in [-0.2, 0) is 0 Å². The first-order valence-corrected chi connectivity index (χ1v) is 16.6. The highest BCUT2D eigenvalue weighted by Crippen LogP contribution is 2.36. The van der Waals surface area contributed by atoms with Crippen molar-refractivity contribution in [3.63, 3.8) is 0 Å². The van der Waals surface area contributed by atoms with Gasteiger partial charge in [0, 0.05) is 17.7 Å². The molecule has 1 aromatic heterocycles. The quantitative estimate of drug-likeness (QED) is 0.123. The van der Waals surface area contributed by atoms with Gasteiger partial charge in [0.15, 0.2) is 17.5 Å². The van der Waals surface area contributed by atoms with E-state index in [9.17, 15) is 10.2 Å². The third-order valence-electron chi connectivity index (χ3n) is 8.42. The van der Waals surface area contributed by atoms with Crippen LogP contribution >= 0.6 is 0 Å². The normalized spacial score (nSPS) is 12.6. The van der Waals surface area contributed by atoms with E-state index >= 15 is 0 Å². The second-order valence-corrected chi connectivity index (χ2v) is 12.0. The maximum atomic E-state index is 11.1. The maximum Gasteiger partial charge on any atom is 0.167 e. The van der Waals surface area contributed by atoms with Gasteiger partial charge in [-0.05, 0) is 55.9 Å². The summed E-state index contributed by atoms with van der Waals surface area (Å²) in [5.74, 6) is 3.25. The summed E-state index contributed by atoms with van der Waals surface area (Å²) in [6.07, 6.45) is 9.06. The van der Waals surface area contributed by atoms with E-state index in [1.165, 1.54) is 25.7 Å². The predicted molar refractivity (Wildman–Crippen MR) is 182 cm³/mol. The van der Waals surface area contributed by atoms with Gasteiger partial charge in [-0.2, -0.15) is 0 Å². The lowest BCUT2D eigenvalue weighted by atomic mass is 10.0. The molecule has 0 spiro atoms. The number of aryl methyl sites for hydroxylation is 1. The van der Waals surface area contributed by atoms with E-state index in [1.54, 1.807) is 24.3 Å². The van der Waals surface area contributed by atoms with Crippen LogP contribution < -0.4 is 9.47 Å². The first-order valence-electron chi connectivity index (χ1n) is 16.6. The number of phenolic OH excluding ortho intramolecular Hbond substituents is 2. The molecule has 7 heteroatoms. The van der Waals surface area contributed by atoms with Crippen LogP contribution in [-0.4, -0.2) is 38.4 Å². The Morgan fingerprint density at radius 1 is 0.600 bits per heavy atom. The summed E-state index contributed by atoms with van der Waals surface area (Å²) >= 11 is 0. The summed E-state index contributed by atoms with van der Waals surface area (Å²) in [5.41, 5.74) is 2.83. The average Bonchev–Trinajstić information content (AvgIpc) is 3.05. The van der Waals surface area contributed by atoms with E-state index in [-0.39, 0.29) is 11.5 Å². The van der Waals surface area contributed by atoms with Crippen molar-refractivity contribution in [3.05, 3.63) is 66.2 Å². The van der Waals surface area contributed by atoms with Gasteiger partial charge in [0.2, 0.25) is 0 Å². The van der Waals surface area contributed by atoms with Crippen molar-refractivity contribution >= 4 is 0 Å². The minimum atomic E-state index is 0.0163. The van der Waals surface area contributed by atoms with Gasteiger partial charge < -0.3 is 19.7 Å². The van der Waals surface area contributed by atoms with E-state index in [0.29, 0.717) is 65.1 Å². The van der Waals surface area contributed by atoms with Gasteiger partial charge in [0.05, 0.1) is 24.3 Å². The number of phenols is 2. The second kappa shape index (κ2) is 16.8. The minimum absolute atomic E-state index is 0.0163. The summed E-state index contributed by atoms with van der Waals surface area (Å²) in [4.78, 5) is 14.2. The van der Waals surface area contributed by atoms with Crippen LogP contribution in [0.4, 0.5) is 0 Å². The molecule has 0 saturated carbocycles. The van der Waals surface area contributed by atoms with Gasteiger partial charge in [-0.25, -0.2) is 15.0 Å². The molecule has 1 heterocycles. The first-order chi connectivity index (χ1) is 21.8. The number of hydrogen-bond donors (Lipinski definition) is 2. The average molecular weight is 612 g/mol. The maximum absolute atomic E-state index is 11.1. The fourth-order valence-corrected chi connectivity index (χ4v) is 5.25. The lowest BCUT2D eigenvalue weighted by Crippen LogP contribution is -2.11. The molecule has 0 saturated heterocycles. The van der Waals surface area contributed by atoms with E-state index in [4.69, 9.17) is 24.4 Å². The molecule has 2 atom stereocenters. The van der Waals surface area contributed by atoms with Gasteiger partial charge >= 0.3 is 0 Å². The van der Waals surface area contributed by atoms with Gasteiger partial charge in [0.1, 0.15) is 23.0 Å². The Labute approximate surface area is 268 Å². The van der Waals surface area contributed by atoms with Gasteiger partial charge in [0.25, 0.3) is 0 Å². The molecule has 0 aliphatic rings. The molecule has 7 nitrogen and oxygen atoms in total. The number of ether oxygens (including phenoxy) is 2. The van der Waals surface area contributed by atoms with Crippen molar-refractivity contribution in [2.45, 2.75) is 86.0 Å². The summed E-state index contributed by atoms with van der Waals surface area (Å²) in [6.45, 7) is 12.0. The Balaban J connectivity index is 1.64. The molecule has 240 valence electrons. The Hall–Kier alpha value is -4.13. The Bertz CT molecular complexity index is 1420. The van der Waals surface area contributed by atoms with Crippen molar-refractivity contribution in [1.82, 2.24) is 15.0 Å². The van der Waals surface area contributed by atoms with Crippen LogP contribution in [0, 0.1) is 18.8 Å². The summed E-state index contributed by atoms with van der Waals surface area (Å²) in [6, 6.07) is 18.4. The summed E-state index contributed by atoms with van der Waals surface area (Å²) in [5, 5.41) is 22.2. The molecule has 2 unspecified atom stereocenters. The van der Waals surface area contributed by atoms with Crippen LogP contribution in [0.2, 0.25) is 0 Å². The number of aromatic nitrogens is 3. The third kappa shape index (κ3) is 9.43. The lowest BCUT2D eigenvalue weighted by molar-refractivity contribution is 0.232. The fraction of sp³-hybridized carbons (Fsp3) is 0.447. The molecule has 0 aliphatic carbocycles. The smallest absolute Gasteiger partial charge is 0.167 e. The zero-order valence-corrected chi connectivity index (χ0v) is 27.6. The largest absolute Gasteiger partial charge is 0.507 e. The second-order valence-electron chi connectivity index (χ2n) is 12.0. The highest BCUT2D eigenvalue weighted by atomic mass is 16.5. The van der Waals surface area contributed by atoms with Crippen molar-refractivity contribution in [2.75, 3.05) is 13.2 Å². The topological polar surface area (TPSA) is 97.6 Å². The zero-order chi connectivity index (χ0) is 32.2. The monoisotopic (exact) mass is 611 g/mol. The Morgan fingerprint density at radius 3 is 1.44 bits per heavy atom. The van der Waals surface area contributed by atoms with Crippen molar-refractivity contribution in [1.29, 1.82) is 0 Å². The van der Waals surface area contributed by atoms with Crippen molar-refractivity contribution in [2.24, 2.45) is 11.8 Å². The molecule has 0 amide bonds. The molecule has 4 rings (SSSR count). The first kappa shape index (κ1) is 33.8. The van der Waals surface area contributed by atoms with Crippen LogP contribution in [0.5, 0.6) is 23.0 Å². The van der Waals surface area contributed by atoms with Crippen molar-refractivity contribution in [3.8, 4) is 57.2 Å². The predicted octanol–water partition coefficient (Wildman–Crippen LogP) is 9.78. The number of unbranched alkanes of at least 4 members (excludes halogenated alkanes) is 2. The molecule has 0 radical (unpaired) electrons. The van der Waals surface area contributed by atoms with Gasteiger partial charge in [-0.15, -0.1) is 0 Å². The SMILES string of the molecule is CCCCC(CC)COc1ccc(-c2nc(-c3ccc(C)cc3)nc(-c3ccc(OCC(CC)CCCC)cc3O)n2)c(O)c1. The zero-order valence-electron chi connectivity index (χ0n) is 27.6. The molecule has 0 aliphatic heterocycles. The van der Waals surface area contributed by atoms with E-state index in [2.05, 4.69) is 27.7 Å². The van der Waals surface area contributed by atoms with E-state index in [0.717, 1.165) is 36.8 Å². The lowest BCUT2D eigenvalue weighted by Gasteiger charge is -2.16. The van der Waals surface area contributed by atoms with Gasteiger partial charge in [-0.3, -0.25) is 0 Å². The van der Waals surface area contributed by atoms with Crippen LogP contribution in [0.25, 0.3) is 34.2 Å². The minimum Gasteiger partial charge on any atom is -0.507 e. The molecule has 4 aromatic rings.